The molecule has 1 N–H and O–H groups in total. The predicted molar refractivity (Wildman–Crippen MR) is 92.5 cm³/mol. The van der Waals surface area contributed by atoms with Gasteiger partial charge in [-0.25, -0.2) is 12.8 Å². The fourth-order valence-corrected chi connectivity index (χ4v) is 3.39. The van der Waals surface area contributed by atoms with Crippen LogP contribution >= 0.6 is 12.4 Å². The van der Waals surface area contributed by atoms with Gasteiger partial charge in [0, 0.05) is 31.9 Å². The molecule has 3 rings (SSSR count). The Bertz CT molecular complexity index is 815. The minimum absolute atomic E-state index is 0. The maximum Gasteiger partial charge on any atom is 0.240 e. The topological polar surface area (TPSA) is 88.3 Å². The summed E-state index contributed by atoms with van der Waals surface area (Å²) < 4.78 is 41.2. The molecule has 1 unspecified atom stereocenters. The molecule has 1 saturated heterocycles. The third kappa shape index (κ3) is 5.46. The number of nitrogens with one attached hydrogen (secondary N) is 1. The van der Waals surface area contributed by atoms with Crippen molar-refractivity contribution in [1.29, 1.82) is 0 Å². The second-order valence-corrected chi connectivity index (χ2v) is 8.06. The van der Waals surface area contributed by atoms with Gasteiger partial charge < -0.3 is 9.84 Å². The highest BCUT2D eigenvalue weighted by atomic mass is 35.5. The molecular formula is C15H20ClFN4O3S. The van der Waals surface area contributed by atoms with Crippen molar-refractivity contribution in [3.8, 4) is 0 Å². The SMILES string of the molecule is CS(=O)(=O)Cc1noc(CN2CCNCC2c2cccc(F)c2)n1.Cl. The number of halogens is 2. The van der Waals surface area contributed by atoms with Crippen LogP contribution in [0.3, 0.4) is 0 Å². The second-order valence-electron chi connectivity index (χ2n) is 5.92. The van der Waals surface area contributed by atoms with Gasteiger partial charge in [-0.2, -0.15) is 4.98 Å². The van der Waals surface area contributed by atoms with Crippen LogP contribution in [0, 0.1) is 5.82 Å². The highest BCUT2D eigenvalue weighted by Gasteiger charge is 2.26. The fourth-order valence-electron chi connectivity index (χ4n) is 2.80. The summed E-state index contributed by atoms with van der Waals surface area (Å²) in [4.78, 5) is 6.26. The summed E-state index contributed by atoms with van der Waals surface area (Å²) in [6, 6.07) is 6.50. The van der Waals surface area contributed by atoms with Crippen molar-refractivity contribution >= 4 is 22.2 Å². The van der Waals surface area contributed by atoms with Gasteiger partial charge in [-0.15, -0.1) is 12.4 Å². The molecule has 0 saturated carbocycles. The van der Waals surface area contributed by atoms with Crippen molar-refractivity contribution in [3.63, 3.8) is 0 Å². The van der Waals surface area contributed by atoms with Crippen molar-refractivity contribution in [2.75, 3.05) is 25.9 Å². The molecule has 0 amide bonds. The average molecular weight is 391 g/mol. The van der Waals surface area contributed by atoms with E-state index in [1.165, 1.54) is 12.1 Å². The molecule has 1 aliphatic heterocycles. The van der Waals surface area contributed by atoms with Gasteiger partial charge in [-0.05, 0) is 17.7 Å². The van der Waals surface area contributed by atoms with E-state index in [0.29, 0.717) is 19.0 Å². The molecule has 25 heavy (non-hydrogen) atoms. The van der Waals surface area contributed by atoms with Crippen LogP contribution in [0.25, 0.3) is 0 Å². The van der Waals surface area contributed by atoms with E-state index >= 15 is 0 Å². The summed E-state index contributed by atoms with van der Waals surface area (Å²) in [5, 5.41) is 7.01. The van der Waals surface area contributed by atoms with Crippen molar-refractivity contribution in [1.82, 2.24) is 20.4 Å². The Morgan fingerprint density at radius 3 is 2.96 bits per heavy atom. The normalized spacial score (nSPS) is 18.7. The number of piperazine rings is 1. The molecule has 2 heterocycles. The van der Waals surface area contributed by atoms with Gasteiger partial charge >= 0.3 is 0 Å². The van der Waals surface area contributed by atoms with Crippen LogP contribution in [0.15, 0.2) is 28.8 Å². The standard InChI is InChI=1S/C15H19FN4O3S.ClH/c1-24(21,22)10-14-18-15(23-19-14)9-20-6-5-17-8-13(20)11-3-2-4-12(16)7-11;/h2-4,7,13,17H,5-6,8-10H2,1H3;1H. The third-order valence-corrected chi connectivity index (χ3v) is 4.61. The first-order valence-corrected chi connectivity index (χ1v) is 9.66. The zero-order chi connectivity index (χ0) is 17.2. The molecule has 0 radical (unpaired) electrons. The largest absolute Gasteiger partial charge is 0.338 e. The Labute approximate surface area is 151 Å². The molecule has 138 valence electrons. The first kappa shape index (κ1) is 19.8. The molecule has 0 bridgehead atoms. The lowest BCUT2D eigenvalue weighted by atomic mass is 10.0. The molecule has 1 aliphatic rings. The molecule has 1 fully saturated rings. The Balaban J connectivity index is 0.00000225. The number of nitrogens with zero attached hydrogens (tertiary/aromatic N) is 3. The minimum atomic E-state index is -3.21. The van der Waals surface area contributed by atoms with E-state index < -0.39 is 9.84 Å². The lowest BCUT2D eigenvalue weighted by Crippen LogP contribution is -2.45. The third-order valence-electron chi connectivity index (χ3n) is 3.83. The van der Waals surface area contributed by atoms with Gasteiger partial charge in [0.15, 0.2) is 15.7 Å². The Morgan fingerprint density at radius 2 is 2.24 bits per heavy atom. The van der Waals surface area contributed by atoms with Gasteiger partial charge in [0.1, 0.15) is 11.6 Å². The van der Waals surface area contributed by atoms with Crippen LogP contribution in [-0.4, -0.2) is 49.3 Å². The smallest absolute Gasteiger partial charge is 0.240 e. The van der Waals surface area contributed by atoms with E-state index in [-0.39, 0.29) is 35.8 Å². The van der Waals surface area contributed by atoms with Crippen LogP contribution < -0.4 is 5.32 Å². The van der Waals surface area contributed by atoms with Crippen LogP contribution in [0.1, 0.15) is 23.3 Å². The highest BCUT2D eigenvalue weighted by Crippen LogP contribution is 2.24. The number of aromatic nitrogens is 2. The lowest BCUT2D eigenvalue weighted by molar-refractivity contribution is 0.135. The molecule has 0 spiro atoms. The number of benzene rings is 1. The number of sulfone groups is 1. The molecule has 1 aromatic carbocycles. The highest BCUT2D eigenvalue weighted by molar-refractivity contribution is 7.89. The minimum Gasteiger partial charge on any atom is -0.338 e. The predicted octanol–water partition coefficient (Wildman–Crippen LogP) is 1.32. The van der Waals surface area contributed by atoms with Gasteiger partial charge in [0.05, 0.1) is 6.54 Å². The first-order chi connectivity index (χ1) is 11.4. The van der Waals surface area contributed by atoms with Gasteiger partial charge in [-0.3, -0.25) is 4.90 Å². The summed E-state index contributed by atoms with van der Waals surface area (Å²) in [5.74, 6) is -0.00101. The number of hydrogen-bond acceptors (Lipinski definition) is 7. The summed E-state index contributed by atoms with van der Waals surface area (Å²) >= 11 is 0. The van der Waals surface area contributed by atoms with Crippen molar-refractivity contribution < 1.29 is 17.3 Å². The quantitative estimate of drug-likeness (QED) is 0.823. The van der Waals surface area contributed by atoms with Gasteiger partial charge in [-0.1, -0.05) is 17.3 Å². The Kier molecular flexibility index (Phi) is 6.50. The summed E-state index contributed by atoms with van der Waals surface area (Å²) in [6.45, 7) is 2.62. The molecular weight excluding hydrogens is 371 g/mol. The van der Waals surface area contributed by atoms with Gasteiger partial charge in [0.25, 0.3) is 0 Å². The molecule has 2 aromatic rings. The van der Waals surface area contributed by atoms with Crippen molar-refractivity contribution in [2.45, 2.75) is 18.3 Å². The molecule has 10 heteroatoms. The van der Waals surface area contributed by atoms with E-state index in [2.05, 4.69) is 20.4 Å². The maximum absolute atomic E-state index is 13.5. The summed E-state index contributed by atoms with van der Waals surface area (Å²) in [5.41, 5.74) is 0.873. The Hall–Kier alpha value is -1.55. The molecule has 1 aromatic heterocycles. The zero-order valence-electron chi connectivity index (χ0n) is 13.7. The molecule has 1 atom stereocenters. The van der Waals surface area contributed by atoms with E-state index in [4.69, 9.17) is 4.52 Å². The van der Waals surface area contributed by atoms with Gasteiger partial charge in [0.2, 0.25) is 5.89 Å². The van der Waals surface area contributed by atoms with Crippen molar-refractivity contribution in [2.24, 2.45) is 0 Å². The number of hydrogen-bond donors (Lipinski definition) is 1. The maximum atomic E-state index is 13.5. The van der Waals surface area contributed by atoms with E-state index in [0.717, 1.165) is 24.9 Å². The molecule has 7 nitrogen and oxygen atoms in total. The van der Waals surface area contributed by atoms with Crippen LogP contribution in [0.2, 0.25) is 0 Å². The van der Waals surface area contributed by atoms with Crippen LogP contribution in [0.5, 0.6) is 0 Å². The Morgan fingerprint density at radius 1 is 1.44 bits per heavy atom. The lowest BCUT2D eigenvalue weighted by Gasteiger charge is -2.35. The second kappa shape index (κ2) is 8.22. The summed E-state index contributed by atoms with van der Waals surface area (Å²) in [7, 11) is -3.21. The van der Waals surface area contributed by atoms with Crippen LogP contribution in [0.4, 0.5) is 4.39 Å². The fraction of sp³-hybridized carbons (Fsp3) is 0.467. The first-order valence-electron chi connectivity index (χ1n) is 7.60. The van der Waals surface area contributed by atoms with Crippen LogP contribution in [-0.2, 0) is 22.1 Å². The molecule has 0 aliphatic carbocycles. The van der Waals surface area contributed by atoms with E-state index in [1.54, 1.807) is 6.07 Å². The van der Waals surface area contributed by atoms with E-state index in [9.17, 15) is 12.8 Å². The zero-order valence-corrected chi connectivity index (χ0v) is 15.3. The van der Waals surface area contributed by atoms with E-state index in [1.807, 2.05) is 6.07 Å². The number of rotatable bonds is 5. The average Bonchev–Trinajstić information content (AvgIpc) is 2.93. The summed E-state index contributed by atoms with van der Waals surface area (Å²) in [6.07, 6.45) is 1.12. The van der Waals surface area contributed by atoms with Crippen molar-refractivity contribution in [3.05, 3.63) is 47.4 Å². The monoisotopic (exact) mass is 390 g/mol.